The summed E-state index contributed by atoms with van der Waals surface area (Å²) in [6.45, 7) is 4.39. The van der Waals surface area contributed by atoms with E-state index in [1.165, 1.54) is 18.2 Å². The van der Waals surface area contributed by atoms with Crippen molar-refractivity contribution in [3.05, 3.63) is 30.1 Å². The molecule has 1 atom stereocenters. The smallest absolute Gasteiger partial charge is 0.309 e. The standard InChI is InChI=1S/C19H27FN2O5S/c1-4-16(22(28(3,25)26)17-9-7-6-8-15(17)20)18(23)21-12-10-14(11-13-21)19(24)27-5-2/h6-9,14,16H,4-5,10-13H2,1-3H3/t16-/m1/s1. The fourth-order valence-corrected chi connectivity index (χ4v) is 4.66. The molecule has 0 aromatic heterocycles. The first kappa shape index (κ1) is 22.1. The minimum Gasteiger partial charge on any atom is -0.466 e. The zero-order chi connectivity index (χ0) is 20.9. The molecule has 7 nitrogen and oxygen atoms in total. The Morgan fingerprint density at radius 2 is 1.86 bits per heavy atom. The summed E-state index contributed by atoms with van der Waals surface area (Å²) in [4.78, 5) is 26.5. The maximum atomic E-state index is 14.3. The van der Waals surface area contributed by atoms with Gasteiger partial charge in [0.25, 0.3) is 0 Å². The summed E-state index contributed by atoms with van der Waals surface area (Å²) in [6, 6.07) is 4.45. The lowest BCUT2D eigenvalue weighted by molar-refractivity contribution is -0.151. The summed E-state index contributed by atoms with van der Waals surface area (Å²) in [7, 11) is -3.90. The zero-order valence-corrected chi connectivity index (χ0v) is 17.2. The molecule has 1 fully saturated rings. The van der Waals surface area contributed by atoms with Crippen LogP contribution in [0.25, 0.3) is 0 Å². The first-order chi connectivity index (χ1) is 13.2. The maximum Gasteiger partial charge on any atom is 0.309 e. The highest BCUT2D eigenvalue weighted by Crippen LogP contribution is 2.27. The lowest BCUT2D eigenvalue weighted by Gasteiger charge is -2.37. The van der Waals surface area contributed by atoms with E-state index >= 15 is 0 Å². The van der Waals surface area contributed by atoms with Crippen molar-refractivity contribution in [2.75, 3.05) is 30.3 Å². The van der Waals surface area contributed by atoms with Gasteiger partial charge in [0, 0.05) is 13.1 Å². The average Bonchev–Trinajstić information content (AvgIpc) is 2.66. The second-order valence-corrected chi connectivity index (χ2v) is 8.65. The van der Waals surface area contributed by atoms with Gasteiger partial charge in [-0.1, -0.05) is 19.1 Å². The third-order valence-corrected chi connectivity index (χ3v) is 5.99. The van der Waals surface area contributed by atoms with Crippen LogP contribution in [0.15, 0.2) is 24.3 Å². The summed E-state index contributed by atoms with van der Waals surface area (Å²) in [5.74, 6) is -1.63. The van der Waals surface area contributed by atoms with Gasteiger partial charge in [-0.2, -0.15) is 0 Å². The normalized spacial score (nSPS) is 16.5. The summed E-state index contributed by atoms with van der Waals surface area (Å²) in [5, 5.41) is 0. The highest BCUT2D eigenvalue weighted by molar-refractivity contribution is 7.92. The Kier molecular flexibility index (Phi) is 7.40. The molecular weight excluding hydrogens is 387 g/mol. The summed E-state index contributed by atoms with van der Waals surface area (Å²) >= 11 is 0. The molecule has 156 valence electrons. The van der Waals surface area contributed by atoms with Crippen LogP contribution in [0.2, 0.25) is 0 Å². The van der Waals surface area contributed by atoms with Crippen molar-refractivity contribution in [3.8, 4) is 0 Å². The topological polar surface area (TPSA) is 84.0 Å². The SMILES string of the molecule is CCOC(=O)C1CCN(C(=O)[C@@H](CC)N(c2ccccc2F)S(C)(=O)=O)CC1. The number of sulfonamides is 1. The quantitative estimate of drug-likeness (QED) is 0.639. The van der Waals surface area contributed by atoms with E-state index in [9.17, 15) is 22.4 Å². The molecule has 0 saturated carbocycles. The minimum absolute atomic E-state index is 0.147. The van der Waals surface area contributed by atoms with Gasteiger partial charge in [0.1, 0.15) is 11.9 Å². The van der Waals surface area contributed by atoms with Crippen molar-refractivity contribution < 1.29 is 27.1 Å². The molecule has 0 spiro atoms. The summed E-state index contributed by atoms with van der Waals surface area (Å²) in [6.07, 6.45) is 2.07. The molecule has 1 amide bonds. The molecule has 0 bridgehead atoms. The number of likely N-dealkylation sites (tertiary alicyclic amines) is 1. The van der Waals surface area contributed by atoms with Crippen molar-refractivity contribution in [3.63, 3.8) is 0 Å². The molecule has 1 aromatic carbocycles. The zero-order valence-electron chi connectivity index (χ0n) is 16.4. The number of para-hydroxylation sites is 1. The Balaban J connectivity index is 2.22. The predicted molar refractivity (Wildman–Crippen MR) is 104 cm³/mol. The lowest BCUT2D eigenvalue weighted by Crippen LogP contribution is -2.53. The van der Waals surface area contributed by atoms with Gasteiger partial charge in [-0.15, -0.1) is 0 Å². The lowest BCUT2D eigenvalue weighted by atomic mass is 9.96. The molecule has 0 unspecified atom stereocenters. The van der Waals surface area contributed by atoms with Gasteiger partial charge in [0.2, 0.25) is 15.9 Å². The van der Waals surface area contributed by atoms with Gasteiger partial charge < -0.3 is 9.64 Å². The van der Waals surface area contributed by atoms with Crippen LogP contribution >= 0.6 is 0 Å². The fourth-order valence-electron chi connectivity index (χ4n) is 3.46. The molecule has 0 N–H and O–H groups in total. The van der Waals surface area contributed by atoms with Crippen molar-refractivity contribution in [1.29, 1.82) is 0 Å². The highest BCUT2D eigenvalue weighted by atomic mass is 32.2. The molecule has 1 heterocycles. The fraction of sp³-hybridized carbons (Fsp3) is 0.579. The van der Waals surface area contributed by atoms with Crippen molar-refractivity contribution in [2.45, 2.75) is 39.2 Å². The van der Waals surface area contributed by atoms with Crippen LogP contribution < -0.4 is 4.31 Å². The van der Waals surface area contributed by atoms with Crippen LogP contribution in [0.5, 0.6) is 0 Å². The third kappa shape index (κ3) is 5.01. The number of hydrogen-bond donors (Lipinski definition) is 0. The number of piperidine rings is 1. The first-order valence-electron chi connectivity index (χ1n) is 9.40. The Labute approximate surface area is 165 Å². The number of hydrogen-bond acceptors (Lipinski definition) is 5. The van der Waals surface area contributed by atoms with Gasteiger partial charge in [-0.25, -0.2) is 12.8 Å². The van der Waals surface area contributed by atoms with E-state index in [1.54, 1.807) is 18.7 Å². The number of benzene rings is 1. The number of rotatable bonds is 7. The number of anilines is 1. The van der Waals surface area contributed by atoms with Crippen LogP contribution in [-0.2, 0) is 24.3 Å². The van der Waals surface area contributed by atoms with Crippen LogP contribution in [0.1, 0.15) is 33.1 Å². The van der Waals surface area contributed by atoms with E-state index in [2.05, 4.69) is 0 Å². The molecule has 1 aromatic rings. The molecule has 1 aliphatic rings. The van der Waals surface area contributed by atoms with E-state index in [4.69, 9.17) is 4.74 Å². The number of halogens is 1. The summed E-state index contributed by atoms with van der Waals surface area (Å²) < 4.78 is 45.0. The monoisotopic (exact) mass is 414 g/mol. The molecule has 1 aliphatic heterocycles. The van der Waals surface area contributed by atoms with Gasteiger partial charge in [-0.3, -0.25) is 13.9 Å². The van der Waals surface area contributed by atoms with E-state index in [-0.39, 0.29) is 24.0 Å². The molecule has 1 saturated heterocycles. The number of carbonyl (C=O) groups excluding carboxylic acids is 2. The van der Waals surface area contributed by atoms with E-state index in [0.717, 1.165) is 16.6 Å². The number of ether oxygens (including phenoxy) is 1. The number of nitrogens with zero attached hydrogens (tertiary/aromatic N) is 2. The van der Waals surface area contributed by atoms with Crippen molar-refractivity contribution >= 4 is 27.6 Å². The Morgan fingerprint density at radius 3 is 2.36 bits per heavy atom. The number of esters is 1. The molecule has 9 heteroatoms. The second kappa shape index (κ2) is 9.36. The first-order valence-corrected chi connectivity index (χ1v) is 11.2. The van der Waals surface area contributed by atoms with Gasteiger partial charge in [0.05, 0.1) is 24.5 Å². The van der Waals surface area contributed by atoms with E-state index in [1.807, 2.05) is 0 Å². The second-order valence-electron chi connectivity index (χ2n) is 6.79. The third-order valence-electron chi connectivity index (χ3n) is 4.83. The Morgan fingerprint density at radius 1 is 1.25 bits per heavy atom. The van der Waals surface area contributed by atoms with Crippen molar-refractivity contribution in [1.82, 2.24) is 4.90 Å². The number of amides is 1. The highest BCUT2D eigenvalue weighted by Gasteiger charge is 2.37. The minimum atomic E-state index is -3.90. The molecule has 2 rings (SSSR count). The van der Waals surface area contributed by atoms with Crippen LogP contribution in [-0.4, -0.2) is 57.2 Å². The molecule has 0 aliphatic carbocycles. The van der Waals surface area contributed by atoms with Crippen molar-refractivity contribution in [2.24, 2.45) is 5.92 Å². The molecule has 0 radical (unpaired) electrons. The molecule has 28 heavy (non-hydrogen) atoms. The van der Waals surface area contributed by atoms with Crippen LogP contribution in [0, 0.1) is 11.7 Å². The Bertz CT molecular complexity index is 806. The van der Waals surface area contributed by atoms with Crippen LogP contribution in [0.3, 0.4) is 0 Å². The van der Waals surface area contributed by atoms with Gasteiger partial charge in [0.15, 0.2) is 0 Å². The largest absolute Gasteiger partial charge is 0.466 e. The summed E-state index contributed by atoms with van der Waals surface area (Å²) in [5.41, 5.74) is -0.147. The van der Waals surface area contributed by atoms with E-state index in [0.29, 0.717) is 32.5 Å². The predicted octanol–water partition coefficient (Wildman–Crippen LogP) is 2.17. The van der Waals surface area contributed by atoms with Gasteiger partial charge >= 0.3 is 5.97 Å². The molecular formula is C19H27FN2O5S. The van der Waals surface area contributed by atoms with Gasteiger partial charge in [-0.05, 0) is 38.3 Å². The Hall–Kier alpha value is -2.16. The van der Waals surface area contributed by atoms with E-state index < -0.39 is 27.8 Å². The van der Waals surface area contributed by atoms with Crippen LogP contribution in [0.4, 0.5) is 10.1 Å². The number of carbonyl (C=O) groups is 2. The maximum absolute atomic E-state index is 14.3. The average molecular weight is 414 g/mol.